The molecule has 0 radical (unpaired) electrons. The Hall–Kier alpha value is -1.74. The first-order valence-corrected chi connectivity index (χ1v) is 11.7. The molecule has 1 saturated heterocycles. The monoisotopic (exact) mass is 423 g/mol. The molecule has 0 N–H and O–H groups in total. The molecule has 6 nitrogen and oxygen atoms in total. The van der Waals surface area contributed by atoms with E-state index in [1.807, 2.05) is 18.2 Å². The maximum Gasteiger partial charge on any atom is 0.243 e. The summed E-state index contributed by atoms with van der Waals surface area (Å²) in [7, 11) is -1.80. The molecule has 1 aliphatic rings. The van der Waals surface area contributed by atoms with Crippen LogP contribution in [-0.4, -0.2) is 58.5 Å². The fourth-order valence-electron chi connectivity index (χ4n) is 2.81. The average molecular weight is 424 g/mol. The van der Waals surface area contributed by atoms with Crippen molar-refractivity contribution in [2.45, 2.75) is 10.6 Å². The third-order valence-electron chi connectivity index (χ3n) is 4.33. The highest BCUT2D eigenvalue weighted by atomic mass is 32.2. The molecule has 2 aromatic carbocycles. The summed E-state index contributed by atoms with van der Waals surface area (Å²) in [4.78, 5) is 0.286. The average Bonchev–Trinajstić information content (AvgIpc) is 2.74. The number of thioether (sulfide) groups is 1. The number of methoxy groups -OCH3 is 1. The lowest BCUT2D eigenvalue weighted by atomic mass is 10.2. The van der Waals surface area contributed by atoms with Gasteiger partial charge in [-0.3, -0.25) is 0 Å². The normalized spacial score (nSPS) is 15.3. The standard InChI is InChI=1S/C20H25NO5S2/c1-24-19-4-2-3-17(15-19)16-27-14-13-26-18-5-7-20(8-6-18)28(22,23)21-9-11-25-12-10-21/h2-8,15H,9-14,16H2,1H3. The molecule has 1 fully saturated rings. The molecule has 0 atom stereocenters. The van der Waals surface area contributed by atoms with Crippen LogP contribution in [0, 0.1) is 0 Å². The Morgan fingerprint density at radius 1 is 1.07 bits per heavy atom. The van der Waals surface area contributed by atoms with Crippen molar-refractivity contribution in [1.82, 2.24) is 4.31 Å². The number of hydrogen-bond donors (Lipinski definition) is 0. The van der Waals surface area contributed by atoms with Gasteiger partial charge in [-0.25, -0.2) is 8.42 Å². The van der Waals surface area contributed by atoms with Gasteiger partial charge < -0.3 is 14.2 Å². The fraction of sp³-hybridized carbons (Fsp3) is 0.400. The minimum atomic E-state index is -3.46. The van der Waals surface area contributed by atoms with E-state index in [1.165, 1.54) is 9.87 Å². The quantitative estimate of drug-likeness (QED) is 0.578. The molecule has 2 aromatic rings. The van der Waals surface area contributed by atoms with E-state index in [2.05, 4.69) is 6.07 Å². The van der Waals surface area contributed by atoms with Crippen molar-refractivity contribution >= 4 is 21.8 Å². The third-order valence-corrected chi connectivity index (χ3v) is 7.24. The maximum atomic E-state index is 12.6. The minimum absolute atomic E-state index is 0.286. The summed E-state index contributed by atoms with van der Waals surface area (Å²) in [6, 6.07) is 14.6. The summed E-state index contributed by atoms with van der Waals surface area (Å²) in [6.07, 6.45) is 0. The second-order valence-corrected chi connectivity index (χ2v) is 9.28. The largest absolute Gasteiger partial charge is 0.497 e. The zero-order chi connectivity index (χ0) is 19.8. The van der Waals surface area contributed by atoms with E-state index < -0.39 is 10.0 Å². The highest BCUT2D eigenvalue weighted by Gasteiger charge is 2.26. The third kappa shape index (κ3) is 5.64. The zero-order valence-corrected chi connectivity index (χ0v) is 17.5. The molecule has 0 aliphatic carbocycles. The van der Waals surface area contributed by atoms with Crippen LogP contribution in [0.1, 0.15) is 5.56 Å². The van der Waals surface area contributed by atoms with Crippen LogP contribution in [0.5, 0.6) is 11.5 Å². The Bertz CT molecular complexity index is 849. The minimum Gasteiger partial charge on any atom is -0.497 e. The maximum absolute atomic E-state index is 12.6. The van der Waals surface area contributed by atoms with Crippen molar-refractivity contribution in [1.29, 1.82) is 0 Å². The van der Waals surface area contributed by atoms with E-state index in [4.69, 9.17) is 14.2 Å². The Labute approximate surface area is 170 Å². The fourth-order valence-corrected chi connectivity index (χ4v) is 4.98. The summed E-state index contributed by atoms with van der Waals surface area (Å²) >= 11 is 1.78. The molecule has 3 rings (SSSR count). The van der Waals surface area contributed by atoms with Gasteiger partial charge in [0, 0.05) is 24.6 Å². The number of nitrogens with zero attached hydrogens (tertiary/aromatic N) is 1. The van der Waals surface area contributed by atoms with Crippen LogP contribution in [-0.2, 0) is 20.5 Å². The number of morpholine rings is 1. The van der Waals surface area contributed by atoms with E-state index in [0.717, 1.165) is 17.3 Å². The zero-order valence-electron chi connectivity index (χ0n) is 15.9. The number of rotatable bonds is 9. The lowest BCUT2D eigenvalue weighted by Crippen LogP contribution is -2.40. The van der Waals surface area contributed by atoms with Crippen molar-refractivity contribution < 1.29 is 22.6 Å². The lowest BCUT2D eigenvalue weighted by Gasteiger charge is -2.26. The van der Waals surface area contributed by atoms with Gasteiger partial charge in [0.25, 0.3) is 0 Å². The van der Waals surface area contributed by atoms with Gasteiger partial charge in [0.15, 0.2) is 0 Å². The SMILES string of the molecule is COc1cccc(CSCCOc2ccc(S(=O)(=O)N3CCOCC3)cc2)c1. The van der Waals surface area contributed by atoms with Crippen molar-refractivity contribution in [2.75, 3.05) is 45.8 Å². The van der Waals surface area contributed by atoms with E-state index in [9.17, 15) is 8.42 Å². The highest BCUT2D eigenvalue weighted by Crippen LogP contribution is 2.21. The van der Waals surface area contributed by atoms with E-state index in [-0.39, 0.29) is 4.90 Å². The summed E-state index contributed by atoms with van der Waals surface area (Å²) in [5.74, 6) is 3.26. The number of hydrogen-bond acceptors (Lipinski definition) is 6. The van der Waals surface area contributed by atoms with Crippen LogP contribution in [0.2, 0.25) is 0 Å². The Morgan fingerprint density at radius 3 is 2.54 bits per heavy atom. The molecule has 0 saturated carbocycles. The van der Waals surface area contributed by atoms with E-state index >= 15 is 0 Å². The first-order chi connectivity index (χ1) is 13.6. The lowest BCUT2D eigenvalue weighted by molar-refractivity contribution is 0.0730. The van der Waals surface area contributed by atoms with Crippen LogP contribution >= 0.6 is 11.8 Å². The predicted molar refractivity (Wildman–Crippen MR) is 111 cm³/mol. The molecular weight excluding hydrogens is 398 g/mol. The molecule has 1 heterocycles. The molecule has 8 heteroatoms. The van der Waals surface area contributed by atoms with Crippen molar-refractivity contribution in [3.05, 3.63) is 54.1 Å². The van der Waals surface area contributed by atoms with Gasteiger partial charge in [-0.2, -0.15) is 16.1 Å². The molecule has 0 amide bonds. The van der Waals surface area contributed by atoms with Gasteiger partial charge in [-0.05, 0) is 42.0 Å². The van der Waals surface area contributed by atoms with Gasteiger partial charge in [-0.15, -0.1) is 0 Å². The van der Waals surface area contributed by atoms with E-state index in [0.29, 0.717) is 38.7 Å². The molecular formula is C20H25NO5S2. The first kappa shape index (κ1) is 21.0. The van der Waals surface area contributed by atoms with Gasteiger partial charge in [0.2, 0.25) is 10.0 Å². The van der Waals surface area contributed by atoms with Crippen molar-refractivity contribution in [2.24, 2.45) is 0 Å². The summed E-state index contributed by atoms with van der Waals surface area (Å²) in [5.41, 5.74) is 1.21. The first-order valence-electron chi connectivity index (χ1n) is 9.11. The molecule has 0 spiro atoms. The summed E-state index contributed by atoms with van der Waals surface area (Å²) in [6.45, 7) is 2.22. The van der Waals surface area contributed by atoms with Crippen LogP contribution in [0.15, 0.2) is 53.4 Å². The van der Waals surface area contributed by atoms with E-state index in [1.54, 1.807) is 43.1 Å². The second kappa shape index (κ2) is 10.2. The second-order valence-electron chi connectivity index (χ2n) is 6.24. The van der Waals surface area contributed by atoms with Crippen LogP contribution < -0.4 is 9.47 Å². The molecule has 0 aromatic heterocycles. The van der Waals surface area contributed by atoms with Crippen molar-refractivity contribution in [3.63, 3.8) is 0 Å². The molecule has 0 unspecified atom stereocenters. The number of benzene rings is 2. The van der Waals surface area contributed by atoms with Crippen molar-refractivity contribution in [3.8, 4) is 11.5 Å². The summed E-state index contributed by atoms with van der Waals surface area (Å²) in [5, 5.41) is 0. The van der Waals surface area contributed by atoms with Crippen LogP contribution in [0.25, 0.3) is 0 Å². The van der Waals surface area contributed by atoms with Crippen LogP contribution in [0.3, 0.4) is 0 Å². The molecule has 0 bridgehead atoms. The number of ether oxygens (including phenoxy) is 3. The molecule has 1 aliphatic heterocycles. The van der Waals surface area contributed by atoms with Crippen LogP contribution in [0.4, 0.5) is 0 Å². The molecule has 152 valence electrons. The Morgan fingerprint density at radius 2 is 1.82 bits per heavy atom. The van der Waals surface area contributed by atoms with Gasteiger partial charge in [-0.1, -0.05) is 12.1 Å². The Kier molecular flexibility index (Phi) is 7.61. The molecule has 28 heavy (non-hydrogen) atoms. The smallest absolute Gasteiger partial charge is 0.243 e. The van der Waals surface area contributed by atoms with Gasteiger partial charge in [0.1, 0.15) is 11.5 Å². The van der Waals surface area contributed by atoms with Gasteiger partial charge in [0.05, 0.1) is 31.8 Å². The number of sulfonamides is 1. The topological polar surface area (TPSA) is 65.1 Å². The Balaban J connectivity index is 1.44. The highest BCUT2D eigenvalue weighted by molar-refractivity contribution is 7.98. The predicted octanol–water partition coefficient (Wildman–Crippen LogP) is 3.03. The summed E-state index contributed by atoms with van der Waals surface area (Å²) < 4.78 is 42.8. The van der Waals surface area contributed by atoms with Gasteiger partial charge >= 0.3 is 0 Å².